The number of benzene rings is 2. The van der Waals surface area contributed by atoms with Gasteiger partial charge in [0.25, 0.3) is 5.91 Å². The average Bonchev–Trinajstić information content (AvgIpc) is 3.24. The maximum atomic E-state index is 13.7. The fraction of sp³-hybridized carbons (Fsp3) is 0.576. The van der Waals surface area contributed by atoms with Crippen molar-refractivity contribution in [3.8, 4) is 5.75 Å². The van der Waals surface area contributed by atoms with Crippen LogP contribution in [0.4, 0.5) is 22.7 Å². The molecule has 2 aromatic carbocycles. The number of carbonyl (C=O) groups is 1. The van der Waals surface area contributed by atoms with E-state index in [1.54, 1.807) is 7.11 Å². The Balaban J connectivity index is 1.39. The first-order valence-corrected chi connectivity index (χ1v) is 19.6. The van der Waals surface area contributed by atoms with Gasteiger partial charge < -0.3 is 39.0 Å². The second-order valence-electron chi connectivity index (χ2n) is 13.1. The quantitative estimate of drug-likeness (QED) is 0.209. The van der Waals surface area contributed by atoms with Gasteiger partial charge in [0.15, 0.2) is 0 Å². The molecule has 3 aliphatic rings. The van der Waals surface area contributed by atoms with Crippen LogP contribution in [0.1, 0.15) is 24.5 Å². The standard InChI is InChI=1S/C33H49N5O5Si/c1-36-11-6-12-38(14-13-36)30-22-27(40-2)21-28-31(43-24-42-19-20-44(3,4)5)23-29(35-32(28)30)33(39)34-25-7-9-26(10-8-25)37-15-17-41-18-16-37/h7-10,21-22,31H,6,11-20,23-24H2,1-5H3,(H,34,39). The summed E-state index contributed by atoms with van der Waals surface area (Å²) in [5, 5.41) is 3.08. The van der Waals surface area contributed by atoms with Gasteiger partial charge >= 0.3 is 0 Å². The lowest BCUT2D eigenvalue weighted by Crippen LogP contribution is -2.36. The molecule has 1 atom stereocenters. The van der Waals surface area contributed by atoms with E-state index in [1.165, 1.54) is 0 Å². The van der Waals surface area contributed by atoms with Gasteiger partial charge in [0.05, 0.1) is 37.8 Å². The Bertz CT molecular complexity index is 1290. The van der Waals surface area contributed by atoms with Crippen molar-refractivity contribution in [3.05, 3.63) is 42.0 Å². The van der Waals surface area contributed by atoms with E-state index in [0.29, 0.717) is 18.7 Å². The number of morpholine rings is 1. The van der Waals surface area contributed by atoms with Crippen molar-refractivity contribution in [3.63, 3.8) is 0 Å². The zero-order valence-electron chi connectivity index (χ0n) is 27.1. The summed E-state index contributed by atoms with van der Waals surface area (Å²) in [6, 6.07) is 13.1. The predicted octanol–water partition coefficient (Wildman–Crippen LogP) is 5.16. The summed E-state index contributed by atoms with van der Waals surface area (Å²) in [6.07, 6.45) is 1.00. The van der Waals surface area contributed by atoms with Crippen molar-refractivity contribution in [1.29, 1.82) is 0 Å². The molecule has 0 aromatic heterocycles. The van der Waals surface area contributed by atoms with E-state index >= 15 is 0 Å². The Hall–Kier alpha value is -2.96. The molecule has 0 spiro atoms. The Morgan fingerprint density at radius 2 is 1.80 bits per heavy atom. The second kappa shape index (κ2) is 14.9. The number of fused-ring (bicyclic) bond motifs is 1. The van der Waals surface area contributed by atoms with Crippen LogP contribution >= 0.6 is 0 Å². The summed E-state index contributed by atoms with van der Waals surface area (Å²) in [7, 11) is 2.63. The smallest absolute Gasteiger partial charge is 0.270 e. The number of hydrogen-bond donors (Lipinski definition) is 1. The van der Waals surface area contributed by atoms with Crippen molar-refractivity contribution in [2.45, 2.75) is 44.6 Å². The molecule has 1 N–H and O–H groups in total. The summed E-state index contributed by atoms with van der Waals surface area (Å²) in [4.78, 5) is 25.7. The average molecular weight is 624 g/mol. The number of likely N-dealkylation sites (N-methyl/N-ethyl adjacent to an activating group) is 1. The molecule has 1 amide bonds. The number of nitrogens with one attached hydrogen (secondary N) is 1. The van der Waals surface area contributed by atoms with Gasteiger partial charge in [0, 0.05) is 76.8 Å². The van der Waals surface area contributed by atoms with Crippen LogP contribution in [0.15, 0.2) is 41.4 Å². The lowest BCUT2D eigenvalue weighted by Gasteiger charge is -2.31. The SMILES string of the molecule is COc1cc2c(c(N3CCCN(C)CC3)c1)N=C(C(=O)Nc1ccc(N3CCOCC3)cc1)CC2OCOCC[Si](C)(C)C. The molecule has 1 unspecified atom stereocenters. The molecule has 2 aromatic rings. The van der Waals surface area contributed by atoms with Crippen LogP contribution in [0, 0.1) is 0 Å². The minimum absolute atomic E-state index is 0.160. The van der Waals surface area contributed by atoms with E-state index in [9.17, 15) is 4.79 Å². The van der Waals surface area contributed by atoms with Crippen LogP contribution in [-0.2, 0) is 19.0 Å². The highest BCUT2D eigenvalue weighted by atomic mass is 28.3. The number of anilines is 3. The molecular formula is C33H49N5O5Si. The molecular weight excluding hydrogens is 574 g/mol. The summed E-state index contributed by atoms with van der Waals surface area (Å²) in [5.41, 5.74) is 4.99. The highest BCUT2D eigenvalue weighted by Gasteiger charge is 2.31. The third kappa shape index (κ3) is 8.60. The Morgan fingerprint density at radius 1 is 1.02 bits per heavy atom. The van der Waals surface area contributed by atoms with Gasteiger partial charge in [0.2, 0.25) is 0 Å². The first kappa shape index (κ1) is 32.4. The van der Waals surface area contributed by atoms with Gasteiger partial charge in [-0.15, -0.1) is 0 Å². The van der Waals surface area contributed by atoms with E-state index < -0.39 is 8.07 Å². The van der Waals surface area contributed by atoms with Crippen LogP contribution in [0.3, 0.4) is 0 Å². The van der Waals surface area contributed by atoms with Gasteiger partial charge in [-0.25, -0.2) is 4.99 Å². The minimum atomic E-state index is -1.22. The van der Waals surface area contributed by atoms with Crippen LogP contribution in [0.5, 0.6) is 5.75 Å². The molecule has 10 nitrogen and oxygen atoms in total. The molecule has 0 bridgehead atoms. The minimum Gasteiger partial charge on any atom is -0.497 e. The lowest BCUT2D eigenvalue weighted by molar-refractivity contribution is -0.111. The van der Waals surface area contributed by atoms with Crippen molar-refractivity contribution >= 4 is 42.4 Å². The first-order valence-electron chi connectivity index (χ1n) is 15.9. The highest BCUT2D eigenvalue weighted by Crippen LogP contribution is 2.45. The summed E-state index contributed by atoms with van der Waals surface area (Å²) in [6.45, 7) is 14.8. The third-order valence-corrected chi connectivity index (χ3v) is 10.2. The number of nitrogens with zero attached hydrogens (tertiary/aromatic N) is 4. The predicted molar refractivity (Wildman–Crippen MR) is 180 cm³/mol. The monoisotopic (exact) mass is 623 g/mol. The number of ether oxygens (including phenoxy) is 4. The van der Waals surface area contributed by atoms with Crippen molar-refractivity contribution < 1.29 is 23.7 Å². The topological polar surface area (TPSA) is 88.1 Å². The van der Waals surface area contributed by atoms with Crippen molar-refractivity contribution in [2.75, 3.05) is 95.2 Å². The maximum absolute atomic E-state index is 13.7. The van der Waals surface area contributed by atoms with Crippen LogP contribution < -0.4 is 19.9 Å². The van der Waals surface area contributed by atoms with Gasteiger partial charge in [-0.05, 0) is 56.4 Å². The van der Waals surface area contributed by atoms with Gasteiger partial charge in [-0.2, -0.15) is 0 Å². The number of methoxy groups -OCH3 is 1. The number of amides is 1. The largest absolute Gasteiger partial charge is 0.497 e. The molecule has 240 valence electrons. The molecule has 0 radical (unpaired) electrons. The van der Waals surface area contributed by atoms with E-state index in [1.807, 2.05) is 36.4 Å². The molecule has 11 heteroatoms. The summed E-state index contributed by atoms with van der Waals surface area (Å²) in [5.74, 6) is 0.536. The highest BCUT2D eigenvalue weighted by molar-refractivity contribution is 6.76. The van der Waals surface area contributed by atoms with Crippen LogP contribution in [0.25, 0.3) is 0 Å². The number of hydrogen-bond acceptors (Lipinski definition) is 9. The molecule has 5 rings (SSSR count). The van der Waals surface area contributed by atoms with E-state index in [0.717, 1.165) is 99.0 Å². The fourth-order valence-electron chi connectivity index (χ4n) is 5.73. The molecule has 3 heterocycles. The number of carbonyl (C=O) groups excluding carboxylic acids is 1. The Kier molecular flexibility index (Phi) is 11.0. The second-order valence-corrected chi connectivity index (χ2v) is 18.7. The van der Waals surface area contributed by atoms with Gasteiger partial charge in [-0.1, -0.05) is 19.6 Å². The molecule has 3 aliphatic heterocycles. The van der Waals surface area contributed by atoms with E-state index in [4.69, 9.17) is 23.9 Å². The summed E-state index contributed by atoms with van der Waals surface area (Å²) >= 11 is 0. The molecule has 2 fully saturated rings. The van der Waals surface area contributed by atoms with Crippen molar-refractivity contribution in [1.82, 2.24) is 4.90 Å². The lowest BCUT2D eigenvalue weighted by atomic mass is 9.95. The van der Waals surface area contributed by atoms with E-state index in [-0.39, 0.29) is 18.8 Å². The van der Waals surface area contributed by atoms with Crippen molar-refractivity contribution in [2.24, 2.45) is 4.99 Å². The van der Waals surface area contributed by atoms with Crippen LogP contribution in [0.2, 0.25) is 25.7 Å². The molecule has 0 aliphatic carbocycles. The zero-order valence-corrected chi connectivity index (χ0v) is 28.1. The van der Waals surface area contributed by atoms with Gasteiger partial charge in [0.1, 0.15) is 18.3 Å². The maximum Gasteiger partial charge on any atom is 0.270 e. The van der Waals surface area contributed by atoms with Crippen LogP contribution in [-0.4, -0.2) is 105 Å². The fourth-order valence-corrected chi connectivity index (χ4v) is 6.49. The molecule has 2 saturated heterocycles. The number of rotatable bonds is 11. The van der Waals surface area contributed by atoms with E-state index in [2.05, 4.69) is 46.7 Å². The Morgan fingerprint density at radius 3 is 2.52 bits per heavy atom. The normalized spacial score (nSPS) is 19.7. The molecule has 0 saturated carbocycles. The third-order valence-electron chi connectivity index (χ3n) is 8.47. The molecule has 44 heavy (non-hydrogen) atoms. The summed E-state index contributed by atoms with van der Waals surface area (Å²) < 4.78 is 23.5. The first-order chi connectivity index (χ1) is 21.2. The zero-order chi connectivity index (χ0) is 31.1. The van der Waals surface area contributed by atoms with Gasteiger partial charge in [-0.3, -0.25) is 4.79 Å². The number of aliphatic imine (C=N–C) groups is 1. The Labute approximate surface area is 263 Å².